The number of benzene rings is 1. The molecule has 3 aromatic rings. The first kappa shape index (κ1) is 17.3. The van der Waals surface area contributed by atoms with Gasteiger partial charge in [-0.1, -0.05) is 30.3 Å². The number of rotatable bonds is 2. The van der Waals surface area contributed by atoms with E-state index in [9.17, 15) is 9.59 Å². The van der Waals surface area contributed by atoms with Crippen LogP contribution in [0.2, 0.25) is 0 Å². The Kier molecular flexibility index (Phi) is 3.94. The fraction of sp³-hybridized carbons (Fsp3) is 0.333. The number of hydrogen-bond donors (Lipinski definition) is 0. The molecule has 0 unspecified atom stereocenters. The number of hydrogen-bond acceptors (Lipinski definition) is 5. The van der Waals surface area contributed by atoms with Crippen molar-refractivity contribution in [1.82, 2.24) is 19.7 Å². The number of amides is 1. The van der Waals surface area contributed by atoms with Crippen LogP contribution < -0.4 is 5.56 Å². The normalized spacial score (nSPS) is 20.7. The molecule has 142 valence electrons. The van der Waals surface area contributed by atoms with E-state index in [4.69, 9.17) is 0 Å². The van der Waals surface area contributed by atoms with Crippen molar-refractivity contribution in [2.75, 3.05) is 13.1 Å². The highest BCUT2D eigenvalue weighted by molar-refractivity contribution is 7.12. The van der Waals surface area contributed by atoms with E-state index in [-0.39, 0.29) is 16.9 Å². The SMILES string of the molecule is Cc1ccsc1C(=O)N1CC[C@]2(CCn3c2nnc(-c2ccccc2)c3=O)C1. The van der Waals surface area contributed by atoms with Crippen molar-refractivity contribution in [3.05, 3.63) is 68.4 Å². The average Bonchev–Trinajstić information content (AvgIpc) is 3.43. The van der Waals surface area contributed by atoms with Crippen molar-refractivity contribution in [1.29, 1.82) is 0 Å². The maximum atomic E-state index is 13.0. The highest BCUT2D eigenvalue weighted by Gasteiger charge is 2.48. The van der Waals surface area contributed by atoms with Crippen molar-refractivity contribution < 1.29 is 4.79 Å². The molecule has 1 saturated heterocycles. The summed E-state index contributed by atoms with van der Waals surface area (Å²) in [4.78, 5) is 28.7. The van der Waals surface area contributed by atoms with Gasteiger partial charge in [0.05, 0.1) is 10.3 Å². The van der Waals surface area contributed by atoms with Gasteiger partial charge in [-0.3, -0.25) is 14.2 Å². The first-order valence-corrected chi connectivity index (χ1v) is 10.3. The second kappa shape index (κ2) is 6.38. The maximum Gasteiger partial charge on any atom is 0.280 e. The first-order chi connectivity index (χ1) is 13.6. The summed E-state index contributed by atoms with van der Waals surface area (Å²) in [6.45, 7) is 3.88. The van der Waals surface area contributed by atoms with Crippen LogP contribution in [0.15, 0.2) is 46.6 Å². The molecule has 0 saturated carbocycles. The molecule has 1 spiro atoms. The van der Waals surface area contributed by atoms with Gasteiger partial charge in [0, 0.05) is 25.2 Å². The molecule has 2 aromatic heterocycles. The number of thiophene rings is 1. The largest absolute Gasteiger partial charge is 0.337 e. The summed E-state index contributed by atoms with van der Waals surface area (Å²) in [6.07, 6.45) is 1.64. The van der Waals surface area contributed by atoms with Gasteiger partial charge in [0.25, 0.3) is 11.5 Å². The van der Waals surface area contributed by atoms with Gasteiger partial charge >= 0.3 is 0 Å². The first-order valence-electron chi connectivity index (χ1n) is 9.46. The smallest absolute Gasteiger partial charge is 0.280 e. The van der Waals surface area contributed by atoms with Crippen molar-refractivity contribution >= 4 is 17.2 Å². The summed E-state index contributed by atoms with van der Waals surface area (Å²) in [7, 11) is 0. The molecule has 5 rings (SSSR count). The Bertz CT molecular complexity index is 1120. The van der Waals surface area contributed by atoms with Crippen molar-refractivity contribution in [2.45, 2.75) is 31.7 Å². The highest BCUT2D eigenvalue weighted by atomic mass is 32.1. The van der Waals surface area contributed by atoms with E-state index in [2.05, 4.69) is 10.2 Å². The van der Waals surface area contributed by atoms with Crippen LogP contribution in [0.4, 0.5) is 0 Å². The van der Waals surface area contributed by atoms with Crippen molar-refractivity contribution in [3.8, 4) is 11.3 Å². The molecule has 0 radical (unpaired) electrons. The summed E-state index contributed by atoms with van der Waals surface area (Å²) in [5.74, 6) is 0.814. The Morgan fingerprint density at radius 1 is 1.11 bits per heavy atom. The number of likely N-dealkylation sites (tertiary alicyclic amines) is 1. The second-order valence-corrected chi connectivity index (χ2v) is 8.55. The Labute approximate surface area is 166 Å². The standard InChI is InChI=1S/C21H20N4O2S/c1-14-7-12-28-17(14)19(27)24-10-8-21(13-24)9-11-25-18(26)16(22-23-20(21)25)15-5-3-2-4-6-15/h2-7,12H,8-11,13H2,1H3/t21-/m0/s1. The molecular formula is C21H20N4O2S. The van der Waals surface area contributed by atoms with E-state index in [0.29, 0.717) is 25.3 Å². The van der Waals surface area contributed by atoms with E-state index in [1.807, 2.05) is 53.6 Å². The van der Waals surface area contributed by atoms with Gasteiger partial charge in [0.1, 0.15) is 5.82 Å². The Hall–Kier alpha value is -2.80. The minimum atomic E-state index is -0.262. The summed E-state index contributed by atoms with van der Waals surface area (Å²) in [5.41, 5.74) is 1.84. The summed E-state index contributed by atoms with van der Waals surface area (Å²) < 4.78 is 1.76. The third-order valence-corrected chi connectivity index (χ3v) is 6.99. The van der Waals surface area contributed by atoms with Crippen LogP contribution in [0, 0.1) is 6.92 Å². The van der Waals surface area contributed by atoms with E-state index >= 15 is 0 Å². The Balaban J connectivity index is 1.47. The summed E-state index contributed by atoms with van der Waals surface area (Å²) in [5, 5.41) is 10.7. The van der Waals surface area contributed by atoms with Crippen molar-refractivity contribution in [3.63, 3.8) is 0 Å². The van der Waals surface area contributed by atoms with Gasteiger partial charge < -0.3 is 4.90 Å². The zero-order valence-electron chi connectivity index (χ0n) is 15.6. The second-order valence-electron chi connectivity index (χ2n) is 7.63. The van der Waals surface area contributed by atoms with Gasteiger partial charge in [-0.15, -0.1) is 21.5 Å². The number of nitrogens with zero attached hydrogens (tertiary/aromatic N) is 4. The third kappa shape index (κ3) is 2.53. The molecular weight excluding hydrogens is 372 g/mol. The van der Waals surface area contributed by atoms with Crippen LogP contribution >= 0.6 is 11.3 Å². The predicted octanol–water partition coefficient (Wildman–Crippen LogP) is 2.86. The van der Waals surface area contributed by atoms with Gasteiger partial charge in [-0.2, -0.15) is 0 Å². The van der Waals surface area contributed by atoms with Crippen LogP contribution in [0.3, 0.4) is 0 Å². The fourth-order valence-electron chi connectivity index (χ4n) is 4.40. The Morgan fingerprint density at radius 2 is 1.89 bits per heavy atom. The van der Waals surface area contributed by atoms with Gasteiger partial charge in [-0.05, 0) is 36.8 Å². The lowest BCUT2D eigenvalue weighted by atomic mass is 9.85. The molecule has 0 N–H and O–H groups in total. The van der Waals surface area contributed by atoms with Crippen LogP contribution in [-0.4, -0.2) is 38.7 Å². The van der Waals surface area contributed by atoms with Crippen LogP contribution in [0.25, 0.3) is 11.3 Å². The minimum absolute atomic E-state index is 0.0824. The lowest BCUT2D eigenvalue weighted by Gasteiger charge is -2.23. The van der Waals surface area contributed by atoms with Crippen molar-refractivity contribution in [2.24, 2.45) is 0 Å². The number of carbonyl (C=O) groups excluding carboxylic acids is 1. The third-order valence-electron chi connectivity index (χ3n) is 5.98. The molecule has 0 aliphatic carbocycles. The number of carbonyl (C=O) groups is 1. The number of fused-ring (bicyclic) bond motifs is 2. The number of aromatic nitrogens is 3. The quantitative estimate of drug-likeness (QED) is 0.673. The van der Waals surface area contributed by atoms with E-state index in [0.717, 1.165) is 34.7 Å². The molecule has 2 aliphatic rings. The molecule has 7 heteroatoms. The molecule has 1 fully saturated rings. The topological polar surface area (TPSA) is 68.1 Å². The molecule has 1 aromatic carbocycles. The summed E-state index contributed by atoms with van der Waals surface area (Å²) >= 11 is 1.49. The molecule has 2 aliphatic heterocycles. The average molecular weight is 392 g/mol. The van der Waals surface area contributed by atoms with Crippen LogP contribution in [-0.2, 0) is 12.0 Å². The highest BCUT2D eigenvalue weighted by Crippen LogP contribution is 2.41. The molecule has 4 heterocycles. The number of aryl methyl sites for hydroxylation is 1. The van der Waals surface area contributed by atoms with E-state index in [1.165, 1.54) is 11.3 Å². The molecule has 0 bridgehead atoms. The Morgan fingerprint density at radius 3 is 2.64 bits per heavy atom. The van der Waals surface area contributed by atoms with E-state index < -0.39 is 0 Å². The van der Waals surface area contributed by atoms with Gasteiger partial charge in [-0.25, -0.2) is 0 Å². The zero-order valence-corrected chi connectivity index (χ0v) is 16.4. The zero-order chi connectivity index (χ0) is 19.3. The monoisotopic (exact) mass is 392 g/mol. The molecule has 1 atom stereocenters. The van der Waals surface area contributed by atoms with Gasteiger partial charge in [0.15, 0.2) is 5.69 Å². The van der Waals surface area contributed by atoms with Crippen LogP contribution in [0.1, 0.15) is 33.9 Å². The minimum Gasteiger partial charge on any atom is -0.337 e. The van der Waals surface area contributed by atoms with Crippen LogP contribution in [0.5, 0.6) is 0 Å². The predicted molar refractivity (Wildman–Crippen MR) is 108 cm³/mol. The van der Waals surface area contributed by atoms with Gasteiger partial charge in [0.2, 0.25) is 0 Å². The lowest BCUT2D eigenvalue weighted by molar-refractivity contribution is 0.0787. The maximum absolute atomic E-state index is 13.0. The lowest BCUT2D eigenvalue weighted by Crippen LogP contribution is -2.35. The molecule has 1 amide bonds. The summed E-state index contributed by atoms with van der Waals surface area (Å²) in [6, 6.07) is 11.4. The van der Waals surface area contributed by atoms with E-state index in [1.54, 1.807) is 4.57 Å². The molecule has 6 nitrogen and oxygen atoms in total. The molecule has 28 heavy (non-hydrogen) atoms. The fourth-order valence-corrected chi connectivity index (χ4v) is 5.29.